The molecule has 6 nitrogen and oxygen atoms in total. The van der Waals surface area contributed by atoms with Crippen LogP contribution in [0.3, 0.4) is 0 Å². The summed E-state index contributed by atoms with van der Waals surface area (Å²) in [6.45, 7) is 2.72. The van der Waals surface area contributed by atoms with Gasteiger partial charge in [-0.15, -0.1) is 11.3 Å². The van der Waals surface area contributed by atoms with E-state index in [1.165, 1.54) is 15.9 Å². The molecule has 0 fully saturated rings. The number of benzene rings is 1. The molecule has 142 valence electrons. The number of nitrogens with zero attached hydrogens (tertiary/aromatic N) is 3. The molecule has 0 amide bonds. The highest BCUT2D eigenvalue weighted by molar-refractivity contribution is 7.15. The van der Waals surface area contributed by atoms with Crippen LogP contribution < -0.4 is 20.4 Å². The Morgan fingerprint density at radius 2 is 2.00 bits per heavy atom. The molecule has 28 heavy (non-hydrogen) atoms. The molecule has 0 spiro atoms. The number of thiazole rings is 1. The van der Waals surface area contributed by atoms with Crippen LogP contribution in [0.25, 0.3) is 11.0 Å². The Morgan fingerprint density at radius 3 is 2.71 bits per heavy atom. The van der Waals surface area contributed by atoms with Gasteiger partial charge in [0.25, 0.3) is 11.1 Å². The van der Waals surface area contributed by atoms with Gasteiger partial charge in [0.15, 0.2) is 0 Å². The number of hydrogen-bond donors (Lipinski definition) is 0. The van der Waals surface area contributed by atoms with Crippen LogP contribution in [0, 0.1) is 0 Å². The number of rotatable bonds is 6. The number of ether oxygens (including phenoxy) is 1. The fourth-order valence-electron chi connectivity index (χ4n) is 2.67. The molecule has 0 bridgehead atoms. The van der Waals surface area contributed by atoms with E-state index < -0.39 is 5.56 Å². The molecule has 0 unspecified atom stereocenters. The van der Waals surface area contributed by atoms with Crippen LogP contribution in [0.15, 0.2) is 51.4 Å². The average Bonchev–Trinajstić information content (AvgIpc) is 3.31. The van der Waals surface area contributed by atoms with Crippen molar-refractivity contribution in [3.05, 3.63) is 83.2 Å². The molecule has 0 radical (unpaired) electrons. The summed E-state index contributed by atoms with van der Waals surface area (Å²) in [6.07, 6.45) is 3.05. The molecule has 3 aromatic heterocycles. The summed E-state index contributed by atoms with van der Waals surface area (Å²) in [6, 6.07) is 11.4. The summed E-state index contributed by atoms with van der Waals surface area (Å²) in [5.41, 5.74) is 0.487. The standard InChI is InChI=1S/C20H17N3O3S2/c1-2-9-26-14-7-5-13(6-8-14)11-16-18(24)21-20-23(22-16)19(25)17(28-20)12-15-4-3-10-27-15/h3-8,10,12H,2,9,11H2,1H3. The van der Waals surface area contributed by atoms with Crippen molar-refractivity contribution >= 4 is 33.7 Å². The predicted molar refractivity (Wildman–Crippen MR) is 112 cm³/mol. The molecule has 0 aliphatic rings. The van der Waals surface area contributed by atoms with Gasteiger partial charge in [-0.3, -0.25) is 9.59 Å². The van der Waals surface area contributed by atoms with Gasteiger partial charge in [0.05, 0.1) is 11.1 Å². The first-order valence-electron chi connectivity index (χ1n) is 8.84. The Balaban J connectivity index is 1.67. The highest BCUT2D eigenvalue weighted by Gasteiger charge is 2.12. The molecule has 0 aliphatic carbocycles. The quantitative estimate of drug-likeness (QED) is 0.487. The largest absolute Gasteiger partial charge is 0.494 e. The minimum absolute atomic E-state index is 0.248. The van der Waals surface area contributed by atoms with E-state index >= 15 is 0 Å². The molecule has 0 N–H and O–H groups in total. The highest BCUT2D eigenvalue weighted by atomic mass is 32.1. The molecule has 1 aromatic carbocycles. The van der Waals surface area contributed by atoms with Crippen molar-refractivity contribution in [1.82, 2.24) is 14.6 Å². The average molecular weight is 412 g/mol. The Bertz CT molecular complexity index is 1260. The SMILES string of the molecule is CCCOc1ccc(Cc2nn3c(=O)c(=Cc4cccs4)sc3nc2=O)cc1. The summed E-state index contributed by atoms with van der Waals surface area (Å²) in [7, 11) is 0. The van der Waals surface area contributed by atoms with Crippen molar-refractivity contribution in [2.45, 2.75) is 19.8 Å². The van der Waals surface area contributed by atoms with Crippen molar-refractivity contribution in [3.8, 4) is 5.75 Å². The maximum Gasteiger partial charge on any atom is 0.296 e. The van der Waals surface area contributed by atoms with Gasteiger partial charge in [-0.05, 0) is 41.6 Å². The second-order valence-corrected chi connectivity index (χ2v) is 8.15. The lowest BCUT2D eigenvalue weighted by Gasteiger charge is -2.05. The molecule has 0 aliphatic heterocycles. The third-order valence-corrected chi connectivity index (χ3v) is 5.81. The third-order valence-electron chi connectivity index (χ3n) is 4.03. The van der Waals surface area contributed by atoms with E-state index in [1.54, 1.807) is 17.4 Å². The van der Waals surface area contributed by atoms with Gasteiger partial charge < -0.3 is 4.74 Å². The van der Waals surface area contributed by atoms with Crippen molar-refractivity contribution in [1.29, 1.82) is 0 Å². The Labute approximate surface area is 168 Å². The summed E-state index contributed by atoms with van der Waals surface area (Å²) >= 11 is 2.71. The van der Waals surface area contributed by atoms with E-state index in [4.69, 9.17) is 4.74 Å². The maximum atomic E-state index is 12.6. The first kappa shape index (κ1) is 18.5. The van der Waals surface area contributed by atoms with Crippen LogP contribution in [0.4, 0.5) is 0 Å². The fraction of sp³-hybridized carbons (Fsp3) is 0.200. The van der Waals surface area contributed by atoms with E-state index in [0.717, 1.165) is 22.6 Å². The molecular weight excluding hydrogens is 394 g/mol. The Kier molecular flexibility index (Phi) is 5.31. The van der Waals surface area contributed by atoms with Gasteiger partial charge in [0.1, 0.15) is 11.4 Å². The van der Waals surface area contributed by atoms with Crippen LogP contribution in [0.5, 0.6) is 5.75 Å². The molecule has 0 saturated carbocycles. The second-order valence-electron chi connectivity index (χ2n) is 6.16. The van der Waals surface area contributed by atoms with E-state index in [9.17, 15) is 9.59 Å². The molecule has 0 saturated heterocycles. The van der Waals surface area contributed by atoms with Crippen LogP contribution in [0.1, 0.15) is 29.5 Å². The van der Waals surface area contributed by atoms with Crippen molar-refractivity contribution in [3.63, 3.8) is 0 Å². The lowest BCUT2D eigenvalue weighted by molar-refractivity contribution is 0.317. The van der Waals surface area contributed by atoms with Gasteiger partial charge >= 0.3 is 0 Å². The van der Waals surface area contributed by atoms with Crippen LogP contribution in [0.2, 0.25) is 0 Å². The van der Waals surface area contributed by atoms with Gasteiger partial charge in [-0.1, -0.05) is 36.5 Å². The normalized spacial score (nSPS) is 12.0. The summed E-state index contributed by atoms with van der Waals surface area (Å²) in [4.78, 5) is 30.4. The lowest BCUT2D eigenvalue weighted by Crippen LogP contribution is -2.27. The number of thiophene rings is 1. The number of hydrogen-bond acceptors (Lipinski definition) is 7. The molecule has 4 rings (SSSR count). The molecule has 0 atom stereocenters. The Morgan fingerprint density at radius 1 is 1.18 bits per heavy atom. The van der Waals surface area contributed by atoms with Gasteiger partial charge in [-0.2, -0.15) is 14.6 Å². The van der Waals surface area contributed by atoms with Crippen LogP contribution >= 0.6 is 22.7 Å². The number of aromatic nitrogens is 3. The van der Waals surface area contributed by atoms with E-state index in [0.29, 0.717) is 22.5 Å². The van der Waals surface area contributed by atoms with E-state index in [2.05, 4.69) is 17.0 Å². The zero-order valence-electron chi connectivity index (χ0n) is 15.1. The van der Waals surface area contributed by atoms with Gasteiger partial charge in [0, 0.05) is 11.3 Å². The smallest absolute Gasteiger partial charge is 0.296 e. The fourth-order valence-corrected chi connectivity index (χ4v) is 4.30. The van der Waals surface area contributed by atoms with Crippen LogP contribution in [-0.4, -0.2) is 21.2 Å². The molecule has 4 aromatic rings. The van der Waals surface area contributed by atoms with Crippen molar-refractivity contribution in [2.75, 3.05) is 6.61 Å². The van der Waals surface area contributed by atoms with Crippen LogP contribution in [-0.2, 0) is 6.42 Å². The first-order valence-corrected chi connectivity index (χ1v) is 10.5. The minimum atomic E-state index is -0.407. The topological polar surface area (TPSA) is 73.6 Å². The maximum absolute atomic E-state index is 12.6. The first-order chi connectivity index (χ1) is 13.6. The third kappa shape index (κ3) is 3.88. The monoisotopic (exact) mass is 411 g/mol. The van der Waals surface area contributed by atoms with Gasteiger partial charge in [-0.25, -0.2) is 0 Å². The lowest BCUT2D eigenvalue weighted by atomic mass is 10.1. The molecule has 3 heterocycles. The number of fused-ring (bicyclic) bond motifs is 1. The van der Waals surface area contributed by atoms with Crippen molar-refractivity contribution in [2.24, 2.45) is 0 Å². The summed E-state index contributed by atoms with van der Waals surface area (Å²) in [5.74, 6) is 0.789. The van der Waals surface area contributed by atoms with Crippen molar-refractivity contribution < 1.29 is 4.74 Å². The Hall–Kier alpha value is -2.84. The summed E-state index contributed by atoms with van der Waals surface area (Å²) in [5, 5.41) is 6.23. The molecular formula is C20H17N3O3S2. The van der Waals surface area contributed by atoms with E-state index in [-0.39, 0.29) is 11.3 Å². The second kappa shape index (κ2) is 8.04. The summed E-state index contributed by atoms with van der Waals surface area (Å²) < 4.78 is 7.30. The zero-order valence-corrected chi connectivity index (χ0v) is 16.8. The highest BCUT2D eigenvalue weighted by Crippen LogP contribution is 2.14. The molecule has 8 heteroatoms. The van der Waals surface area contributed by atoms with E-state index in [1.807, 2.05) is 41.8 Å². The predicted octanol–water partition coefficient (Wildman–Crippen LogP) is 2.50. The van der Waals surface area contributed by atoms with Gasteiger partial charge in [0.2, 0.25) is 4.96 Å². The minimum Gasteiger partial charge on any atom is -0.494 e. The zero-order chi connectivity index (χ0) is 19.5.